The Morgan fingerprint density at radius 3 is 1.88 bits per heavy atom. The molecule has 0 spiro atoms. The maximum absolute atomic E-state index is 2.31. The third-order valence-electron chi connectivity index (χ3n) is 4.11. The second-order valence-electron chi connectivity index (χ2n) is 5.43. The molecule has 1 heteroatoms. The van der Waals surface area contributed by atoms with Gasteiger partial charge in [-0.15, -0.1) is 11.3 Å². The van der Waals surface area contributed by atoms with Crippen LogP contribution in [0.4, 0.5) is 0 Å². The fourth-order valence-electron chi connectivity index (χ4n) is 2.80. The molecule has 0 bridgehead atoms. The number of fused-ring (bicyclic) bond motifs is 1. The molecule has 2 rings (SSSR count). The van der Waals surface area contributed by atoms with Gasteiger partial charge in [-0.2, -0.15) is 0 Å². The van der Waals surface area contributed by atoms with E-state index in [0.29, 0.717) is 5.92 Å². The highest BCUT2D eigenvalue weighted by Gasteiger charge is 2.18. The van der Waals surface area contributed by atoms with Gasteiger partial charge in [0.05, 0.1) is 0 Å². The van der Waals surface area contributed by atoms with Crippen molar-refractivity contribution in [2.45, 2.75) is 54.4 Å². The molecule has 0 aliphatic rings. The highest BCUT2D eigenvalue weighted by atomic mass is 32.1. The lowest BCUT2D eigenvalue weighted by molar-refractivity contribution is 0.865. The smallest absolute Gasteiger partial charge is 0.0388 e. The zero-order chi connectivity index (χ0) is 12.9. The maximum atomic E-state index is 2.31. The monoisotopic (exact) mass is 246 g/mol. The largest absolute Gasteiger partial charge is 0.140 e. The van der Waals surface area contributed by atoms with Crippen LogP contribution in [0.15, 0.2) is 0 Å². The molecule has 0 N–H and O–H groups in total. The van der Waals surface area contributed by atoms with E-state index in [4.69, 9.17) is 0 Å². The molecule has 0 unspecified atom stereocenters. The van der Waals surface area contributed by atoms with Gasteiger partial charge in [-0.05, 0) is 73.7 Å². The van der Waals surface area contributed by atoms with Crippen molar-refractivity contribution in [3.05, 3.63) is 32.7 Å². The van der Waals surface area contributed by atoms with E-state index in [0.717, 1.165) is 0 Å². The van der Waals surface area contributed by atoms with Gasteiger partial charge < -0.3 is 0 Å². The molecule has 1 heterocycles. The summed E-state index contributed by atoms with van der Waals surface area (Å²) in [4.78, 5) is 1.47. The van der Waals surface area contributed by atoms with Crippen molar-refractivity contribution in [2.75, 3.05) is 0 Å². The molecule has 0 saturated heterocycles. The van der Waals surface area contributed by atoms with Crippen LogP contribution in [0.5, 0.6) is 0 Å². The van der Waals surface area contributed by atoms with Gasteiger partial charge in [-0.3, -0.25) is 0 Å². The lowest BCUT2D eigenvalue weighted by Gasteiger charge is -2.17. The topological polar surface area (TPSA) is 0 Å². The first-order valence-electron chi connectivity index (χ1n) is 6.35. The number of hydrogen-bond acceptors (Lipinski definition) is 1. The van der Waals surface area contributed by atoms with Crippen LogP contribution in [-0.2, 0) is 0 Å². The van der Waals surface area contributed by atoms with E-state index in [1.165, 1.54) is 37.2 Å². The van der Waals surface area contributed by atoms with Crippen molar-refractivity contribution < 1.29 is 0 Å². The molecule has 1 aromatic carbocycles. The first-order chi connectivity index (χ1) is 7.86. The number of thiophene rings is 1. The minimum absolute atomic E-state index is 0.606. The van der Waals surface area contributed by atoms with E-state index < -0.39 is 0 Å². The van der Waals surface area contributed by atoms with Crippen LogP contribution in [-0.4, -0.2) is 0 Å². The van der Waals surface area contributed by atoms with Crippen LogP contribution in [0, 0.1) is 34.6 Å². The fourth-order valence-corrected chi connectivity index (χ4v) is 4.27. The molecule has 0 aliphatic heterocycles. The van der Waals surface area contributed by atoms with Crippen molar-refractivity contribution in [2.24, 2.45) is 0 Å². The van der Waals surface area contributed by atoms with Crippen LogP contribution >= 0.6 is 11.3 Å². The number of benzene rings is 1. The van der Waals surface area contributed by atoms with E-state index in [9.17, 15) is 0 Å². The lowest BCUT2D eigenvalue weighted by Crippen LogP contribution is -1.98. The summed E-state index contributed by atoms with van der Waals surface area (Å²) in [7, 11) is 0. The molecule has 2 aromatic rings. The molecule has 0 nitrogen and oxygen atoms in total. The average molecular weight is 246 g/mol. The van der Waals surface area contributed by atoms with Crippen molar-refractivity contribution in [3.8, 4) is 0 Å². The van der Waals surface area contributed by atoms with Crippen molar-refractivity contribution in [3.63, 3.8) is 0 Å². The Morgan fingerprint density at radius 2 is 1.35 bits per heavy atom. The van der Waals surface area contributed by atoms with Crippen molar-refractivity contribution >= 4 is 21.4 Å². The first-order valence-corrected chi connectivity index (χ1v) is 7.17. The van der Waals surface area contributed by atoms with Gasteiger partial charge in [0, 0.05) is 9.58 Å². The summed E-state index contributed by atoms with van der Waals surface area (Å²) in [5.74, 6) is 0.606. The number of hydrogen-bond donors (Lipinski definition) is 0. The Morgan fingerprint density at radius 1 is 0.765 bits per heavy atom. The molecule has 92 valence electrons. The van der Waals surface area contributed by atoms with Gasteiger partial charge in [0.2, 0.25) is 0 Å². The van der Waals surface area contributed by atoms with Gasteiger partial charge in [0.1, 0.15) is 0 Å². The summed E-state index contributed by atoms with van der Waals surface area (Å²) in [5, 5.41) is 1.51. The van der Waals surface area contributed by atoms with Crippen molar-refractivity contribution in [1.29, 1.82) is 0 Å². The van der Waals surface area contributed by atoms with Gasteiger partial charge in [-0.1, -0.05) is 13.8 Å². The van der Waals surface area contributed by atoms with Gasteiger partial charge in [-0.25, -0.2) is 0 Å². The molecule has 17 heavy (non-hydrogen) atoms. The maximum Gasteiger partial charge on any atom is 0.0388 e. The van der Waals surface area contributed by atoms with Crippen LogP contribution in [0.2, 0.25) is 0 Å². The predicted molar refractivity (Wildman–Crippen MR) is 79.6 cm³/mol. The van der Waals surface area contributed by atoms with E-state index >= 15 is 0 Å². The molecule has 0 fully saturated rings. The summed E-state index contributed by atoms with van der Waals surface area (Å²) in [6, 6.07) is 0. The average Bonchev–Trinajstić information content (AvgIpc) is 2.52. The molecule has 1 aromatic heterocycles. The second kappa shape index (κ2) is 4.13. The Kier molecular flexibility index (Phi) is 3.07. The molecule has 0 aliphatic carbocycles. The second-order valence-corrected chi connectivity index (χ2v) is 6.66. The SMILES string of the molecule is Cc1sc2c(C(C)C)c(C)c(C)c(C)c2c1C. The highest BCUT2D eigenvalue weighted by molar-refractivity contribution is 7.19. The third kappa shape index (κ3) is 1.72. The van der Waals surface area contributed by atoms with E-state index in [1.807, 2.05) is 11.3 Å². The Labute approximate surface area is 109 Å². The van der Waals surface area contributed by atoms with E-state index in [2.05, 4.69) is 48.5 Å². The Hall–Kier alpha value is -0.820. The number of rotatable bonds is 1. The zero-order valence-electron chi connectivity index (χ0n) is 12.0. The summed E-state index contributed by atoms with van der Waals surface area (Å²) < 4.78 is 1.52. The summed E-state index contributed by atoms with van der Waals surface area (Å²) in [6.07, 6.45) is 0. The van der Waals surface area contributed by atoms with E-state index in [-0.39, 0.29) is 0 Å². The molecule has 0 atom stereocenters. The van der Waals surface area contributed by atoms with Crippen LogP contribution < -0.4 is 0 Å². The fraction of sp³-hybridized carbons (Fsp3) is 0.500. The standard InChI is InChI=1S/C16H22S/c1-8(2)14-10(4)9(3)11(5)15-12(6)13(7)17-16(14)15/h8H,1-7H3. The van der Waals surface area contributed by atoms with Crippen LogP contribution in [0.3, 0.4) is 0 Å². The minimum atomic E-state index is 0.606. The predicted octanol–water partition coefficient (Wildman–Crippen LogP) is 5.57. The molecule has 0 saturated carbocycles. The Bertz CT molecular complexity index is 586. The third-order valence-corrected chi connectivity index (χ3v) is 5.35. The summed E-state index contributed by atoms with van der Waals surface area (Å²) in [5.41, 5.74) is 7.48. The Balaban J connectivity index is 3.04. The van der Waals surface area contributed by atoms with Crippen LogP contribution in [0.1, 0.15) is 52.5 Å². The van der Waals surface area contributed by atoms with Crippen molar-refractivity contribution in [1.82, 2.24) is 0 Å². The summed E-state index contributed by atoms with van der Waals surface area (Å²) in [6.45, 7) is 15.9. The highest BCUT2D eigenvalue weighted by Crippen LogP contribution is 2.41. The molecular formula is C16H22S. The minimum Gasteiger partial charge on any atom is -0.140 e. The first kappa shape index (κ1) is 12.6. The summed E-state index contributed by atoms with van der Waals surface area (Å²) >= 11 is 1.97. The molecule has 0 radical (unpaired) electrons. The van der Waals surface area contributed by atoms with Gasteiger partial charge in [0.15, 0.2) is 0 Å². The normalized spacial score (nSPS) is 11.8. The van der Waals surface area contributed by atoms with Gasteiger partial charge >= 0.3 is 0 Å². The molecule has 0 amide bonds. The van der Waals surface area contributed by atoms with E-state index in [1.54, 1.807) is 5.56 Å². The zero-order valence-corrected chi connectivity index (χ0v) is 12.8. The quantitative estimate of drug-likeness (QED) is 0.617. The van der Waals surface area contributed by atoms with Gasteiger partial charge in [0.25, 0.3) is 0 Å². The lowest BCUT2D eigenvalue weighted by atomic mass is 9.89. The molecular weight excluding hydrogens is 224 g/mol. The number of aryl methyl sites for hydroxylation is 3. The van der Waals surface area contributed by atoms with Crippen LogP contribution in [0.25, 0.3) is 10.1 Å².